The largest absolute Gasteiger partial charge is 0.339 e. The van der Waals surface area contributed by atoms with Crippen molar-refractivity contribution in [3.8, 4) is 0 Å². The van der Waals surface area contributed by atoms with Crippen molar-refractivity contribution >= 4 is 5.91 Å². The monoisotopic (exact) mass is 260 g/mol. The predicted molar refractivity (Wildman–Crippen MR) is 78.0 cm³/mol. The van der Waals surface area contributed by atoms with Crippen LogP contribution in [-0.2, 0) is 4.79 Å². The fourth-order valence-corrected chi connectivity index (χ4v) is 2.87. The van der Waals surface area contributed by atoms with Gasteiger partial charge in [-0.05, 0) is 39.2 Å². The smallest absolute Gasteiger partial charge is 0.230 e. The molecular weight excluding hydrogens is 236 g/mol. The van der Waals surface area contributed by atoms with Gasteiger partial charge in [0.1, 0.15) is 0 Å². The Balaban J connectivity index is 2.11. The number of amides is 1. The normalized spacial score (nSPS) is 25.2. The van der Waals surface area contributed by atoms with Crippen molar-refractivity contribution in [1.82, 2.24) is 4.90 Å². The second-order valence-corrected chi connectivity index (χ2v) is 5.80. The number of rotatable bonds is 2. The van der Waals surface area contributed by atoms with Crippen LogP contribution in [0.5, 0.6) is 0 Å². The van der Waals surface area contributed by atoms with Gasteiger partial charge < -0.3 is 10.6 Å². The van der Waals surface area contributed by atoms with Crippen LogP contribution < -0.4 is 5.73 Å². The standard InChI is InChI=1S/C16H24N2O/c1-11-5-4-6-14(9-11)13(3)16(19)18-8-7-15(17)10-12(18)2/h4-6,9,12-13,15H,7-8,10,17H2,1-3H3/t12-,13-,15+/m0/s1. The molecule has 104 valence electrons. The van der Waals surface area contributed by atoms with Gasteiger partial charge in [0.2, 0.25) is 5.91 Å². The maximum Gasteiger partial charge on any atom is 0.230 e. The summed E-state index contributed by atoms with van der Waals surface area (Å²) in [5, 5.41) is 0. The average Bonchev–Trinajstić information content (AvgIpc) is 2.37. The number of carbonyl (C=O) groups is 1. The van der Waals surface area contributed by atoms with Crippen LogP contribution in [0.2, 0.25) is 0 Å². The first-order valence-electron chi connectivity index (χ1n) is 7.11. The molecule has 1 aromatic rings. The fourth-order valence-electron chi connectivity index (χ4n) is 2.87. The number of nitrogens with zero attached hydrogens (tertiary/aromatic N) is 1. The summed E-state index contributed by atoms with van der Waals surface area (Å²) in [6.45, 7) is 6.94. The van der Waals surface area contributed by atoms with Crippen molar-refractivity contribution < 1.29 is 4.79 Å². The summed E-state index contributed by atoms with van der Waals surface area (Å²) < 4.78 is 0. The van der Waals surface area contributed by atoms with Crippen LogP contribution in [0.15, 0.2) is 24.3 Å². The van der Waals surface area contributed by atoms with Crippen molar-refractivity contribution in [3.63, 3.8) is 0 Å². The minimum Gasteiger partial charge on any atom is -0.339 e. The molecule has 1 saturated heterocycles. The zero-order valence-corrected chi connectivity index (χ0v) is 12.1. The number of carbonyl (C=O) groups excluding carboxylic acids is 1. The van der Waals surface area contributed by atoms with Crippen molar-refractivity contribution in [3.05, 3.63) is 35.4 Å². The number of piperidine rings is 1. The van der Waals surface area contributed by atoms with E-state index in [2.05, 4.69) is 26.0 Å². The maximum absolute atomic E-state index is 12.6. The van der Waals surface area contributed by atoms with Gasteiger partial charge in [-0.15, -0.1) is 0 Å². The first-order chi connectivity index (χ1) is 8.99. The van der Waals surface area contributed by atoms with Gasteiger partial charge in [0, 0.05) is 18.6 Å². The molecule has 1 aliphatic rings. The summed E-state index contributed by atoms with van der Waals surface area (Å²) in [6, 6.07) is 8.71. The quantitative estimate of drug-likeness (QED) is 0.887. The molecule has 1 aromatic carbocycles. The van der Waals surface area contributed by atoms with Crippen LogP contribution in [0.25, 0.3) is 0 Å². The Bertz CT molecular complexity index is 458. The Hall–Kier alpha value is -1.35. The van der Waals surface area contributed by atoms with Crippen LogP contribution in [0.1, 0.15) is 43.7 Å². The molecule has 1 heterocycles. The highest BCUT2D eigenvalue weighted by Crippen LogP contribution is 2.24. The SMILES string of the molecule is Cc1cccc([C@H](C)C(=O)N2CC[C@@H](N)C[C@@H]2C)c1. The summed E-state index contributed by atoms with van der Waals surface area (Å²) in [5.41, 5.74) is 8.26. The highest BCUT2D eigenvalue weighted by atomic mass is 16.2. The van der Waals surface area contributed by atoms with E-state index in [1.54, 1.807) is 0 Å². The van der Waals surface area contributed by atoms with Gasteiger partial charge in [0.05, 0.1) is 5.92 Å². The predicted octanol–water partition coefficient (Wildman–Crippen LogP) is 2.44. The molecule has 0 spiro atoms. The molecule has 3 heteroatoms. The molecular formula is C16H24N2O. The van der Waals surface area contributed by atoms with Crippen LogP contribution in [0.4, 0.5) is 0 Å². The molecule has 19 heavy (non-hydrogen) atoms. The Morgan fingerprint density at radius 3 is 2.84 bits per heavy atom. The Morgan fingerprint density at radius 1 is 1.47 bits per heavy atom. The molecule has 0 unspecified atom stereocenters. The first-order valence-corrected chi connectivity index (χ1v) is 7.11. The molecule has 1 amide bonds. The van der Waals surface area contributed by atoms with E-state index < -0.39 is 0 Å². The highest BCUT2D eigenvalue weighted by Gasteiger charge is 2.30. The van der Waals surface area contributed by atoms with Gasteiger partial charge in [0.15, 0.2) is 0 Å². The molecule has 0 bridgehead atoms. The van der Waals surface area contributed by atoms with Crippen LogP contribution in [0, 0.1) is 6.92 Å². The summed E-state index contributed by atoms with van der Waals surface area (Å²) in [6.07, 6.45) is 1.82. The second kappa shape index (κ2) is 5.74. The van der Waals surface area contributed by atoms with Crippen molar-refractivity contribution in [2.45, 2.75) is 51.6 Å². The molecule has 0 saturated carbocycles. The molecule has 1 fully saturated rings. The molecule has 3 nitrogen and oxygen atoms in total. The Kier molecular flexibility index (Phi) is 4.25. The van der Waals surface area contributed by atoms with E-state index in [-0.39, 0.29) is 23.9 Å². The van der Waals surface area contributed by atoms with E-state index in [0.29, 0.717) is 0 Å². The molecule has 2 rings (SSSR count). The minimum absolute atomic E-state index is 0.0725. The molecule has 3 atom stereocenters. The number of benzene rings is 1. The first kappa shape index (κ1) is 14.1. The van der Waals surface area contributed by atoms with Gasteiger partial charge in [0.25, 0.3) is 0 Å². The highest BCUT2D eigenvalue weighted by molar-refractivity contribution is 5.83. The number of hydrogen-bond donors (Lipinski definition) is 1. The number of hydrogen-bond acceptors (Lipinski definition) is 2. The zero-order valence-electron chi connectivity index (χ0n) is 12.1. The molecule has 1 aliphatic heterocycles. The summed E-state index contributed by atoms with van der Waals surface area (Å²) in [7, 11) is 0. The molecule has 2 N–H and O–H groups in total. The van der Waals surface area contributed by atoms with Gasteiger partial charge in [-0.25, -0.2) is 0 Å². The fraction of sp³-hybridized carbons (Fsp3) is 0.562. The number of aryl methyl sites for hydroxylation is 1. The van der Waals surface area contributed by atoms with Crippen LogP contribution >= 0.6 is 0 Å². The summed E-state index contributed by atoms with van der Waals surface area (Å²) in [4.78, 5) is 14.6. The second-order valence-electron chi connectivity index (χ2n) is 5.80. The third kappa shape index (κ3) is 3.16. The Labute approximate surface area is 115 Å². The summed E-state index contributed by atoms with van der Waals surface area (Å²) >= 11 is 0. The average molecular weight is 260 g/mol. The van der Waals surface area contributed by atoms with Crippen molar-refractivity contribution in [1.29, 1.82) is 0 Å². The third-order valence-electron chi connectivity index (χ3n) is 4.11. The lowest BCUT2D eigenvalue weighted by molar-refractivity contribution is -0.135. The third-order valence-corrected chi connectivity index (χ3v) is 4.11. The van der Waals surface area contributed by atoms with Crippen molar-refractivity contribution in [2.24, 2.45) is 5.73 Å². The lowest BCUT2D eigenvalue weighted by Gasteiger charge is -2.38. The van der Waals surface area contributed by atoms with E-state index in [4.69, 9.17) is 5.73 Å². The van der Waals surface area contributed by atoms with Gasteiger partial charge in [-0.1, -0.05) is 29.8 Å². The molecule has 0 aromatic heterocycles. The van der Waals surface area contributed by atoms with E-state index >= 15 is 0 Å². The van der Waals surface area contributed by atoms with Crippen molar-refractivity contribution in [2.75, 3.05) is 6.54 Å². The lowest BCUT2D eigenvalue weighted by atomic mass is 9.94. The van der Waals surface area contributed by atoms with Crippen LogP contribution in [-0.4, -0.2) is 29.4 Å². The van der Waals surface area contributed by atoms with Crippen LogP contribution in [0.3, 0.4) is 0 Å². The van der Waals surface area contributed by atoms with E-state index in [9.17, 15) is 4.79 Å². The van der Waals surface area contributed by atoms with E-state index in [1.165, 1.54) is 5.56 Å². The van der Waals surface area contributed by atoms with Gasteiger partial charge >= 0.3 is 0 Å². The van der Waals surface area contributed by atoms with Gasteiger partial charge in [-0.3, -0.25) is 4.79 Å². The maximum atomic E-state index is 12.6. The number of likely N-dealkylation sites (tertiary alicyclic amines) is 1. The minimum atomic E-state index is -0.0725. The number of nitrogens with two attached hydrogens (primary N) is 1. The lowest BCUT2D eigenvalue weighted by Crippen LogP contribution is -2.49. The topological polar surface area (TPSA) is 46.3 Å². The molecule has 0 aliphatic carbocycles. The van der Waals surface area contributed by atoms with Gasteiger partial charge in [-0.2, -0.15) is 0 Å². The Morgan fingerprint density at radius 2 is 2.21 bits per heavy atom. The van der Waals surface area contributed by atoms with E-state index in [1.807, 2.05) is 24.0 Å². The summed E-state index contributed by atoms with van der Waals surface area (Å²) in [5.74, 6) is 0.154. The zero-order chi connectivity index (χ0) is 14.0. The molecule has 0 radical (unpaired) electrons. The van der Waals surface area contributed by atoms with E-state index in [0.717, 1.165) is 24.9 Å².